The Morgan fingerprint density at radius 1 is 0.955 bits per heavy atom. The van der Waals surface area contributed by atoms with Crippen LogP contribution in [0.4, 0.5) is 0 Å². The molecule has 0 heterocycles. The number of carbonyl (C=O) groups is 2. The van der Waals surface area contributed by atoms with Gasteiger partial charge in [0.05, 0.1) is 12.3 Å². The van der Waals surface area contributed by atoms with E-state index in [2.05, 4.69) is 0 Å². The predicted molar refractivity (Wildman–Crippen MR) is 83.1 cm³/mol. The predicted octanol–water partition coefficient (Wildman–Crippen LogP) is 3.09. The first kappa shape index (κ1) is 15.8. The second-order valence-corrected chi connectivity index (χ2v) is 5.32. The molecule has 22 heavy (non-hydrogen) atoms. The third-order valence-electron chi connectivity index (χ3n) is 3.70. The van der Waals surface area contributed by atoms with Gasteiger partial charge in [-0.05, 0) is 35.6 Å². The minimum Gasteiger partial charge on any atom is -0.481 e. The Kier molecular flexibility index (Phi) is 4.94. The van der Waals surface area contributed by atoms with Crippen LogP contribution in [0.5, 0.6) is 0 Å². The summed E-state index contributed by atoms with van der Waals surface area (Å²) in [6, 6.07) is 14.9. The summed E-state index contributed by atoms with van der Waals surface area (Å²) in [7, 11) is 0. The number of hydrogen-bond acceptors (Lipinski definition) is 2. The number of hydrogen-bond donors (Lipinski definition) is 2. The van der Waals surface area contributed by atoms with Crippen LogP contribution < -0.4 is 0 Å². The summed E-state index contributed by atoms with van der Waals surface area (Å²) < 4.78 is 0. The third kappa shape index (κ3) is 3.95. The smallest absolute Gasteiger partial charge is 0.310 e. The maximum absolute atomic E-state index is 11.0. The van der Waals surface area contributed by atoms with Crippen LogP contribution in [0.1, 0.15) is 35.1 Å². The molecule has 4 heteroatoms. The van der Waals surface area contributed by atoms with Gasteiger partial charge in [-0.3, -0.25) is 9.59 Å². The third-order valence-corrected chi connectivity index (χ3v) is 3.70. The van der Waals surface area contributed by atoms with Crippen LogP contribution in [-0.2, 0) is 22.4 Å². The highest BCUT2D eigenvalue weighted by molar-refractivity contribution is 5.75. The molecule has 0 aromatic heterocycles. The Morgan fingerprint density at radius 3 is 2.09 bits per heavy atom. The van der Waals surface area contributed by atoms with Crippen LogP contribution >= 0.6 is 0 Å². The molecule has 0 spiro atoms. The second-order valence-electron chi connectivity index (χ2n) is 5.32. The second kappa shape index (κ2) is 6.89. The summed E-state index contributed by atoms with van der Waals surface area (Å²) in [4.78, 5) is 21.9. The van der Waals surface area contributed by atoms with E-state index in [0.29, 0.717) is 6.42 Å². The maximum atomic E-state index is 11.0. The molecule has 0 bridgehead atoms. The molecule has 0 fully saturated rings. The molecular formula is C18H18O4. The van der Waals surface area contributed by atoms with Crippen molar-refractivity contribution in [2.45, 2.75) is 25.7 Å². The van der Waals surface area contributed by atoms with Crippen LogP contribution in [0.3, 0.4) is 0 Å². The molecule has 0 aliphatic rings. The highest BCUT2D eigenvalue weighted by atomic mass is 16.4. The van der Waals surface area contributed by atoms with E-state index in [-0.39, 0.29) is 6.42 Å². The highest BCUT2D eigenvalue weighted by Crippen LogP contribution is 2.19. The first-order valence-corrected chi connectivity index (χ1v) is 7.07. The fraction of sp³-hybridized carbons (Fsp3) is 0.222. The van der Waals surface area contributed by atoms with Crippen molar-refractivity contribution in [3.63, 3.8) is 0 Å². The summed E-state index contributed by atoms with van der Waals surface area (Å²) >= 11 is 0. The topological polar surface area (TPSA) is 74.6 Å². The Hall–Kier alpha value is -2.62. The summed E-state index contributed by atoms with van der Waals surface area (Å²) in [5.41, 5.74) is 3.57. The van der Waals surface area contributed by atoms with Crippen LogP contribution in [0.15, 0.2) is 48.5 Å². The highest BCUT2D eigenvalue weighted by Gasteiger charge is 2.13. The lowest BCUT2D eigenvalue weighted by atomic mass is 9.95. The monoisotopic (exact) mass is 298 g/mol. The lowest BCUT2D eigenvalue weighted by molar-refractivity contribution is -0.138. The molecule has 4 nitrogen and oxygen atoms in total. The SMILES string of the molecule is CC(C(=O)O)c1ccc(Cc2ccccc2CC(=O)O)cc1. The zero-order valence-electron chi connectivity index (χ0n) is 12.3. The zero-order chi connectivity index (χ0) is 16.1. The molecule has 2 aromatic carbocycles. The van der Waals surface area contributed by atoms with Gasteiger partial charge in [0.15, 0.2) is 0 Å². The molecule has 2 rings (SSSR count). The normalized spacial score (nSPS) is 11.9. The Bertz CT molecular complexity index is 674. The van der Waals surface area contributed by atoms with E-state index in [1.807, 2.05) is 48.5 Å². The van der Waals surface area contributed by atoms with Gasteiger partial charge in [0.25, 0.3) is 0 Å². The molecule has 2 aromatic rings. The molecule has 0 saturated carbocycles. The van der Waals surface area contributed by atoms with Crippen molar-refractivity contribution in [1.82, 2.24) is 0 Å². The van der Waals surface area contributed by atoms with Gasteiger partial charge in [0.1, 0.15) is 0 Å². The summed E-state index contributed by atoms with van der Waals surface area (Å²) in [6.45, 7) is 1.65. The van der Waals surface area contributed by atoms with Crippen molar-refractivity contribution in [1.29, 1.82) is 0 Å². The Balaban J connectivity index is 2.18. The van der Waals surface area contributed by atoms with Crippen molar-refractivity contribution in [3.05, 3.63) is 70.8 Å². The van der Waals surface area contributed by atoms with E-state index in [1.54, 1.807) is 6.92 Å². The minimum atomic E-state index is -0.849. The van der Waals surface area contributed by atoms with Gasteiger partial charge in [-0.15, -0.1) is 0 Å². The number of rotatable bonds is 6. The first-order chi connectivity index (χ1) is 10.5. The fourth-order valence-electron chi connectivity index (χ4n) is 2.35. The van der Waals surface area contributed by atoms with Gasteiger partial charge in [-0.2, -0.15) is 0 Å². The molecule has 114 valence electrons. The molecule has 1 unspecified atom stereocenters. The van der Waals surface area contributed by atoms with E-state index in [4.69, 9.17) is 10.2 Å². The first-order valence-electron chi connectivity index (χ1n) is 7.07. The van der Waals surface area contributed by atoms with Crippen molar-refractivity contribution < 1.29 is 19.8 Å². The van der Waals surface area contributed by atoms with E-state index >= 15 is 0 Å². The average Bonchev–Trinajstić information content (AvgIpc) is 2.48. The van der Waals surface area contributed by atoms with Crippen molar-refractivity contribution in [2.24, 2.45) is 0 Å². The van der Waals surface area contributed by atoms with Gasteiger partial charge in [-0.1, -0.05) is 48.5 Å². The standard InChI is InChI=1S/C18H18O4/c1-12(18(21)22)14-8-6-13(7-9-14)10-15-4-2-3-5-16(15)11-17(19)20/h2-9,12H,10-11H2,1H3,(H,19,20)(H,21,22). The van der Waals surface area contributed by atoms with Crippen LogP contribution in [-0.4, -0.2) is 22.2 Å². The van der Waals surface area contributed by atoms with Gasteiger partial charge in [0, 0.05) is 0 Å². The lowest BCUT2D eigenvalue weighted by Gasteiger charge is -2.10. The molecule has 1 atom stereocenters. The van der Waals surface area contributed by atoms with Gasteiger partial charge < -0.3 is 10.2 Å². The van der Waals surface area contributed by atoms with Crippen molar-refractivity contribution in [3.8, 4) is 0 Å². The molecule has 0 saturated heterocycles. The molecule has 2 N–H and O–H groups in total. The van der Waals surface area contributed by atoms with E-state index in [9.17, 15) is 9.59 Å². The molecule has 0 aliphatic carbocycles. The van der Waals surface area contributed by atoms with Crippen LogP contribution in [0.2, 0.25) is 0 Å². The van der Waals surface area contributed by atoms with E-state index < -0.39 is 17.9 Å². The number of carboxylic acids is 2. The summed E-state index contributed by atoms with van der Waals surface area (Å²) in [6.07, 6.45) is 0.634. The van der Waals surface area contributed by atoms with E-state index in [0.717, 1.165) is 22.3 Å². The average molecular weight is 298 g/mol. The van der Waals surface area contributed by atoms with Crippen molar-refractivity contribution >= 4 is 11.9 Å². The van der Waals surface area contributed by atoms with Gasteiger partial charge in [-0.25, -0.2) is 0 Å². The summed E-state index contributed by atoms with van der Waals surface area (Å²) in [5, 5.41) is 18.0. The zero-order valence-corrected chi connectivity index (χ0v) is 12.3. The number of aliphatic carboxylic acids is 2. The molecule has 0 amide bonds. The van der Waals surface area contributed by atoms with Crippen molar-refractivity contribution in [2.75, 3.05) is 0 Å². The lowest BCUT2D eigenvalue weighted by Crippen LogP contribution is -2.07. The Morgan fingerprint density at radius 2 is 1.55 bits per heavy atom. The number of carboxylic acid groups (broad SMARTS) is 2. The number of benzene rings is 2. The summed E-state index contributed by atoms with van der Waals surface area (Å²) in [5.74, 6) is -2.23. The quantitative estimate of drug-likeness (QED) is 0.859. The van der Waals surface area contributed by atoms with Gasteiger partial charge >= 0.3 is 11.9 Å². The molecule has 0 aliphatic heterocycles. The van der Waals surface area contributed by atoms with Gasteiger partial charge in [0.2, 0.25) is 0 Å². The van der Waals surface area contributed by atoms with Crippen LogP contribution in [0, 0.1) is 0 Å². The van der Waals surface area contributed by atoms with Crippen LogP contribution in [0.25, 0.3) is 0 Å². The largest absolute Gasteiger partial charge is 0.481 e. The fourth-order valence-corrected chi connectivity index (χ4v) is 2.35. The molecule has 0 radical (unpaired) electrons. The molecular weight excluding hydrogens is 280 g/mol. The van der Waals surface area contributed by atoms with E-state index in [1.165, 1.54) is 0 Å². The Labute approximate surface area is 129 Å². The minimum absolute atomic E-state index is 0.00427. The maximum Gasteiger partial charge on any atom is 0.310 e.